The first-order valence-corrected chi connectivity index (χ1v) is 6.52. The van der Waals surface area contributed by atoms with E-state index < -0.39 is 5.82 Å². The highest BCUT2D eigenvalue weighted by Crippen LogP contribution is 2.20. The summed E-state index contributed by atoms with van der Waals surface area (Å²) in [5.74, 6) is 0.0970. The van der Waals surface area contributed by atoms with Crippen LogP contribution in [-0.2, 0) is 0 Å². The van der Waals surface area contributed by atoms with Gasteiger partial charge in [-0.2, -0.15) is 0 Å². The van der Waals surface area contributed by atoms with Crippen molar-refractivity contribution in [2.75, 3.05) is 46.4 Å². The van der Waals surface area contributed by atoms with Crippen LogP contribution >= 0.6 is 11.6 Å². The molecule has 1 saturated heterocycles. The van der Waals surface area contributed by atoms with Crippen molar-refractivity contribution in [1.82, 2.24) is 9.80 Å². The van der Waals surface area contributed by atoms with Crippen LogP contribution in [0, 0.1) is 5.82 Å². The second-order valence-corrected chi connectivity index (χ2v) is 4.98. The number of ether oxygens (including phenoxy) is 1. The summed E-state index contributed by atoms with van der Waals surface area (Å²) in [6.45, 7) is 5.76. The highest BCUT2D eigenvalue weighted by Gasteiger charge is 2.13. The summed E-state index contributed by atoms with van der Waals surface area (Å²) in [7, 11) is 2.13. The summed E-state index contributed by atoms with van der Waals surface area (Å²) in [6.07, 6.45) is 0. The van der Waals surface area contributed by atoms with Crippen molar-refractivity contribution in [3.63, 3.8) is 0 Å². The van der Waals surface area contributed by atoms with Crippen LogP contribution in [0.4, 0.5) is 4.39 Å². The normalized spacial score (nSPS) is 17.9. The molecule has 1 aliphatic heterocycles. The van der Waals surface area contributed by atoms with Crippen LogP contribution in [0.5, 0.6) is 5.75 Å². The number of benzene rings is 1. The molecule has 0 N–H and O–H groups in total. The van der Waals surface area contributed by atoms with Crippen molar-refractivity contribution in [1.29, 1.82) is 0 Å². The molecule has 0 atom stereocenters. The third-order valence-electron chi connectivity index (χ3n) is 3.16. The third-order valence-corrected chi connectivity index (χ3v) is 3.47. The van der Waals surface area contributed by atoms with Gasteiger partial charge in [0.1, 0.15) is 18.2 Å². The molecule has 18 heavy (non-hydrogen) atoms. The van der Waals surface area contributed by atoms with Gasteiger partial charge < -0.3 is 9.64 Å². The van der Waals surface area contributed by atoms with Gasteiger partial charge in [-0.05, 0) is 19.2 Å². The first-order chi connectivity index (χ1) is 8.65. The number of halogens is 2. The molecule has 0 spiro atoms. The van der Waals surface area contributed by atoms with Gasteiger partial charge in [0.05, 0.1) is 5.02 Å². The van der Waals surface area contributed by atoms with Crippen LogP contribution in [0.15, 0.2) is 18.2 Å². The Labute approximate surface area is 112 Å². The molecule has 100 valence electrons. The monoisotopic (exact) mass is 272 g/mol. The third kappa shape index (κ3) is 3.83. The second-order valence-electron chi connectivity index (χ2n) is 4.57. The lowest BCUT2D eigenvalue weighted by atomic mass is 10.3. The molecular weight excluding hydrogens is 255 g/mol. The van der Waals surface area contributed by atoms with Crippen molar-refractivity contribution < 1.29 is 9.13 Å². The topological polar surface area (TPSA) is 15.7 Å². The molecule has 1 fully saturated rings. The SMILES string of the molecule is CN1CCN(CCOc2ccc(Cl)c(F)c2)CC1. The van der Waals surface area contributed by atoms with Crippen molar-refractivity contribution in [3.05, 3.63) is 29.0 Å². The standard InChI is InChI=1S/C13H18ClFN2O/c1-16-4-6-17(7-5-16)8-9-18-11-2-3-12(14)13(15)10-11/h2-3,10H,4-9H2,1H3. The molecule has 0 unspecified atom stereocenters. The van der Waals surface area contributed by atoms with Crippen LogP contribution in [0.3, 0.4) is 0 Å². The average molecular weight is 273 g/mol. The fourth-order valence-electron chi connectivity index (χ4n) is 1.93. The Morgan fingerprint density at radius 3 is 2.67 bits per heavy atom. The van der Waals surface area contributed by atoms with Gasteiger partial charge >= 0.3 is 0 Å². The van der Waals surface area contributed by atoms with Gasteiger partial charge in [-0.3, -0.25) is 4.90 Å². The lowest BCUT2D eigenvalue weighted by Crippen LogP contribution is -2.45. The molecule has 1 aliphatic rings. The summed E-state index contributed by atoms with van der Waals surface area (Å²) < 4.78 is 18.7. The van der Waals surface area contributed by atoms with Gasteiger partial charge in [-0.1, -0.05) is 11.6 Å². The summed E-state index contributed by atoms with van der Waals surface area (Å²) in [6, 6.07) is 4.53. The van der Waals surface area contributed by atoms with Gasteiger partial charge in [0.25, 0.3) is 0 Å². The van der Waals surface area contributed by atoms with E-state index in [0.717, 1.165) is 32.7 Å². The van der Waals surface area contributed by atoms with E-state index in [1.54, 1.807) is 6.07 Å². The number of piperazine rings is 1. The van der Waals surface area contributed by atoms with E-state index in [9.17, 15) is 4.39 Å². The van der Waals surface area contributed by atoms with Gasteiger partial charge in [-0.25, -0.2) is 4.39 Å². The molecule has 0 saturated carbocycles. The fraction of sp³-hybridized carbons (Fsp3) is 0.538. The predicted molar refractivity (Wildman–Crippen MR) is 70.8 cm³/mol. The number of likely N-dealkylation sites (N-methyl/N-ethyl adjacent to an activating group) is 1. The minimum atomic E-state index is -0.436. The maximum absolute atomic E-state index is 13.2. The Morgan fingerprint density at radius 2 is 2.00 bits per heavy atom. The summed E-state index contributed by atoms with van der Waals surface area (Å²) >= 11 is 5.61. The van der Waals surface area contributed by atoms with Crippen LogP contribution in [0.1, 0.15) is 0 Å². The lowest BCUT2D eigenvalue weighted by Gasteiger charge is -2.32. The van der Waals surface area contributed by atoms with E-state index in [4.69, 9.17) is 16.3 Å². The van der Waals surface area contributed by atoms with E-state index in [2.05, 4.69) is 16.8 Å². The minimum Gasteiger partial charge on any atom is -0.492 e. The van der Waals surface area contributed by atoms with E-state index in [1.807, 2.05) is 0 Å². The zero-order valence-electron chi connectivity index (χ0n) is 10.5. The summed E-state index contributed by atoms with van der Waals surface area (Å²) in [5, 5.41) is 0.126. The maximum atomic E-state index is 13.2. The fourth-order valence-corrected chi connectivity index (χ4v) is 2.05. The highest BCUT2D eigenvalue weighted by molar-refractivity contribution is 6.30. The number of hydrogen-bond donors (Lipinski definition) is 0. The average Bonchev–Trinajstić information content (AvgIpc) is 2.36. The Bertz CT molecular complexity index is 395. The molecule has 3 nitrogen and oxygen atoms in total. The first-order valence-electron chi connectivity index (χ1n) is 6.14. The molecule has 5 heteroatoms. The van der Waals surface area contributed by atoms with Crippen molar-refractivity contribution >= 4 is 11.6 Å². The highest BCUT2D eigenvalue weighted by atomic mass is 35.5. The molecular formula is C13H18ClFN2O. The van der Waals surface area contributed by atoms with Crippen molar-refractivity contribution in [2.24, 2.45) is 0 Å². The molecule has 1 aromatic carbocycles. The zero-order valence-corrected chi connectivity index (χ0v) is 11.3. The van der Waals surface area contributed by atoms with E-state index in [-0.39, 0.29) is 5.02 Å². The van der Waals surface area contributed by atoms with Gasteiger partial charge in [0.15, 0.2) is 0 Å². The van der Waals surface area contributed by atoms with Crippen LogP contribution in [-0.4, -0.2) is 56.2 Å². The van der Waals surface area contributed by atoms with Crippen LogP contribution < -0.4 is 4.74 Å². The van der Waals surface area contributed by atoms with Gasteiger partial charge in [-0.15, -0.1) is 0 Å². The van der Waals surface area contributed by atoms with Crippen molar-refractivity contribution in [2.45, 2.75) is 0 Å². The Hall–Kier alpha value is -0.840. The Kier molecular flexibility index (Phi) is 4.80. The molecule has 1 aromatic rings. The molecule has 2 rings (SSSR count). The lowest BCUT2D eigenvalue weighted by molar-refractivity contribution is 0.133. The van der Waals surface area contributed by atoms with E-state index >= 15 is 0 Å². The number of nitrogens with zero attached hydrogens (tertiary/aromatic N) is 2. The Balaban J connectivity index is 1.73. The first kappa shape index (κ1) is 13.6. The van der Waals surface area contributed by atoms with Crippen molar-refractivity contribution in [3.8, 4) is 5.75 Å². The molecule has 0 aliphatic carbocycles. The van der Waals surface area contributed by atoms with Crippen LogP contribution in [0.2, 0.25) is 5.02 Å². The smallest absolute Gasteiger partial charge is 0.145 e. The summed E-state index contributed by atoms with van der Waals surface area (Å²) in [4.78, 5) is 4.66. The molecule has 1 heterocycles. The predicted octanol–water partition coefficient (Wildman–Crippen LogP) is 2.11. The zero-order chi connectivity index (χ0) is 13.0. The number of hydrogen-bond acceptors (Lipinski definition) is 3. The molecule has 0 bridgehead atoms. The van der Waals surface area contributed by atoms with E-state index in [0.29, 0.717) is 12.4 Å². The van der Waals surface area contributed by atoms with Gasteiger partial charge in [0.2, 0.25) is 0 Å². The second kappa shape index (κ2) is 6.36. The Morgan fingerprint density at radius 1 is 1.28 bits per heavy atom. The molecule has 0 aromatic heterocycles. The van der Waals surface area contributed by atoms with Crippen LogP contribution in [0.25, 0.3) is 0 Å². The molecule has 0 amide bonds. The number of rotatable bonds is 4. The quantitative estimate of drug-likeness (QED) is 0.835. The molecule has 0 radical (unpaired) electrons. The summed E-state index contributed by atoms with van der Waals surface area (Å²) in [5.41, 5.74) is 0. The largest absolute Gasteiger partial charge is 0.492 e. The van der Waals surface area contributed by atoms with E-state index in [1.165, 1.54) is 12.1 Å². The minimum absolute atomic E-state index is 0.126. The van der Waals surface area contributed by atoms with Gasteiger partial charge in [0, 0.05) is 38.8 Å². The maximum Gasteiger partial charge on any atom is 0.145 e.